The fourth-order valence-electron chi connectivity index (χ4n) is 0.580. The molecule has 0 aliphatic rings. The Kier molecular flexibility index (Phi) is 5.74. The third kappa shape index (κ3) is 7.25. The van der Waals surface area contributed by atoms with Gasteiger partial charge in [-0.2, -0.15) is 5.11 Å². The Morgan fingerprint density at radius 3 is 2.55 bits per heavy atom. The number of nitrogens with two attached hydrogens (primary N) is 1. The summed E-state index contributed by atoms with van der Waals surface area (Å²) < 4.78 is 0. The van der Waals surface area contributed by atoms with Gasteiger partial charge >= 0.3 is 0 Å². The summed E-state index contributed by atoms with van der Waals surface area (Å²) in [4.78, 5) is 0. The van der Waals surface area contributed by atoms with Crippen molar-refractivity contribution in [2.45, 2.75) is 27.2 Å². The minimum Gasteiger partial charge on any atom is -0.230 e. The Labute approximate surface area is 68.4 Å². The van der Waals surface area contributed by atoms with Gasteiger partial charge in [0, 0.05) is 0 Å². The molecule has 2 N–H and O–H groups in total. The van der Waals surface area contributed by atoms with Gasteiger partial charge in [-0.25, -0.2) is 11.0 Å². The van der Waals surface area contributed by atoms with Gasteiger partial charge in [0.05, 0.1) is 13.1 Å². The van der Waals surface area contributed by atoms with Crippen LogP contribution in [0.2, 0.25) is 0 Å². The van der Waals surface area contributed by atoms with Crippen molar-refractivity contribution in [3.05, 3.63) is 0 Å². The molecule has 4 heteroatoms. The van der Waals surface area contributed by atoms with Crippen molar-refractivity contribution in [2.75, 3.05) is 13.1 Å². The zero-order valence-electron chi connectivity index (χ0n) is 7.62. The second-order valence-corrected chi connectivity index (χ2v) is 2.89. The summed E-state index contributed by atoms with van der Waals surface area (Å²) in [5.41, 5.74) is 0. The predicted octanol–water partition coefficient (Wildman–Crippen LogP) is 1.60. The van der Waals surface area contributed by atoms with Crippen molar-refractivity contribution in [2.24, 2.45) is 22.1 Å². The molecule has 4 nitrogen and oxygen atoms in total. The molecule has 0 aliphatic heterocycles. The third-order valence-corrected chi connectivity index (χ3v) is 1.26. The first-order chi connectivity index (χ1) is 5.16. The zero-order valence-corrected chi connectivity index (χ0v) is 7.62. The molecule has 11 heavy (non-hydrogen) atoms. The molecular formula is C7H18N4. The SMILES string of the molecule is CC/N=N\N(N)CCC(C)C. The highest BCUT2D eigenvalue weighted by Crippen LogP contribution is 1.99. The molecule has 0 aliphatic carbocycles. The van der Waals surface area contributed by atoms with Gasteiger partial charge in [-0.1, -0.05) is 19.1 Å². The molecule has 0 aromatic carbocycles. The quantitative estimate of drug-likeness (QED) is 0.375. The van der Waals surface area contributed by atoms with Crippen molar-refractivity contribution in [3.8, 4) is 0 Å². The molecule has 0 fully saturated rings. The van der Waals surface area contributed by atoms with Gasteiger partial charge in [-0.05, 0) is 19.3 Å². The van der Waals surface area contributed by atoms with E-state index in [2.05, 4.69) is 24.2 Å². The molecule has 0 amide bonds. The number of hydrazine groups is 1. The number of hydrogen-bond donors (Lipinski definition) is 1. The maximum atomic E-state index is 5.48. The van der Waals surface area contributed by atoms with Crippen LogP contribution < -0.4 is 5.84 Å². The highest BCUT2D eigenvalue weighted by Gasteiger charge is 1.96. The first-order valence-corrected chi connectivity index (χ1v) is 4.06. The Balaban J connectivity index is 3.36. The van der Waals surface area contributed by atoms with E-state index in [4.69, 9.17) is 5.84 Å². The second-order valence-electron chi connectivity index (χ2n) is 2.89. The van der Waals surface area contributed by atoms with Crippen LogP contribution in [0.4, 0.5) is 0 Å². The van der Waals surface area contributed by atoms with Crippen molar-refractivity contribution in [1.82, 2.24) is 5.12 Å². The van der Waals surface area contributed by atoms with Gasteiger partial charge in [-0.15, -0.1) is 0 Å². The van der Waals surface area contributed by atoms with Crippen LogP contribution in [0, 0.1) is 5.92 Å². The fourth-order valence-corrected chi connectivity index (χ4v) is 0.580. The summed E-state index contributed by atoms with van der Waals surface area (Å²) >= 11 is 0. The second kappa shape index (κ2) is 6.09. The lowest BCUT2D eigenvalue weighted by molar-refractivity contribution is 0.257. The molecule has 0 saturated carbocycles. The predicted molar refractivity (Wildman–Crippen MR) is 45.7 cm³/mol. The number of rotatable bonds is 5. The molecule has 0 bridgehead atoms. The average molecular weight is 158 g/mol. The van der Waals surface area contributed by atoms with Crippen LogP contribution in [0.15, 0.2) is 10.3 Å². The molecule has 0 rings (SSSR count). The highest BCUT2D eigenvalue weighted by atomic mass is 15.7. The van der Waals surface area contributed by atoms with E-state index in [0.717, 1.165) is 13.0 Å². The zero-order chi connectivity index (χ0) is 8.69. The van der Waals surface area contributed by atoms with E-state index in [1.807, 2.05) is 6.92 Å². The van der Waals surface area contributed by atoms with Crippen molar-refractivity contribution < 1.29 is 0 Å². The Bertz CT molecular complexity index is 111. The lowest BCUT2D eigenvalue weighted by atomic mass is 10.1. The van der Waals surface area contributed by atoms with Gasteiger partial charge in [0.15, 0.2) is 0 Å². The van der Waals surface area contributed by atoms with Crippen molar-refractivity contribution in [1.29, 1.82) is 0 Å². The van der Waals surface area contributed by atoms with Crippen molar-refractivity contribution >= 4 is 0 Å². The summed E-state index contributed by atoms with van der Waals surface area (Å²) in [6.45, 7) is 7.71. The molecular weight excluding hydrogens is 140 g/mol. The fraction of sp³-hybridized carbons (Fsp3) is 1.00. The molecule has 0 aromatic rings. The molecule has 0 aromatic heterocycles. The van der Waals surface area contributed by atoms with Gasteiger partial charge < -0.3 is 0 Å². The summed E-state index contributed by atoms with van der Waals surface area (Å²) in [5, 5.41) is 8.92. The first-order valence-electron chi connectivity index (χ1n) is 4.06. The van der Waals surface area contributed by atoms with Crippen LogP contribution in [0.25, 0.3) is 0 Å². The van der Waals surface area contributed by atoms with E-state index in [-0.39, 0.29) is 0 Å². The van der Waals surface area contributed by atoms with Crippen molar-refractivity contribution in [3.63, 3.8) is 0 Å². The molecule has 0 unspecified atom stereocenters. The van der Waals surface area contributed by atoms with E-state index in [9.17, 15) is 0 Å². The minimum absolute atomic E-state index is 0.665. The van der Waals surface area contributed by atoms with Crippen LogP contribution in [0.5, 0.6) is 0 Å². The van der Waals surface area contributed by atoms with Crippen LogP contribution in [0.3, 0.4) is 0 Å². The smallest absolute Gasteiger partial charge is 0.0592 e. The van der Waals surface area contributed by atoms with Gasteiger partial charge in [0.25, 0.3) is 0 Å². The summed E-state index contributed by atoms with van der Waals surface area (Å²) in [6, 6.07) is 0. The lowest BCUT2D eigenvalue weighted by Gasteiger charge is -2.11. The molecule has 0 heterocycles. The summed E-state index contributed by atoms with van der Waals surface area (Å²) in [7, 11) is 0. The van der Waals surface area contributed by atoms with Gasteiger partial charge in [-0.3, -0.25) is 0 Å². The average Bonchev–Trinajstić information content (AvgIpc) is 1.97. The Hall–Kier alpha value is -0.640. The largest absolute Gasteiger partial charge is 0.230 e. The van der Waals surface area contributed by atoms with E-state index < -0.39 is 0 Å². The van der Waals surface area contributed by atoms with Gasteiger partial charge in [0.1, 0.15) is 0 Å². The monoisotopic (exact) mass is 158 g/mol. The summed E-state index contributed by atoms with van der Waals surface area (Å²) in [5.74, 6) is 6.15. The van der Waals surface area contributed by atoms with E-state index in [1.54, 1.807) is 0 Å². The van der Waals surface area contributed by atoms with E-state index >= 15 is 0 Å². The normalized spacial score (nSPS) is 11.4. The van der Waals surface area contributed by atoms with Crippen LogP contribution >= 0.6 is 0 Å². The Morgan fingerprint density at radius 2 is 2.09 bits per heavy atom. The van der Waals surface area contributed by atoms with E-state index in [0.29, 0.717) is 12.5 Å². The molecule has 0 spiro atoms. The number of hydrogen-bond acceptors (Lipinski definition) is 3. The van der Waals surface area contributed by atoms with E-state index in [1.165, 1.54) is 5.12 Å². The molecule has 0 radical (unpaired) electrons. The van der Waals surface area contributed by atoms with Crippen LogP contribution in [0.1, 0.15) is 27.2 Å². The lowest BCUT2D eigenvalue weighted by Crippen LogP contribution is -2.26. The van der Waals surface area contributed by atoms with Crippen LogP contribution in [-0.2, 0) is 0 Å². The maximum Gasteiger partial charge on any atom is 0.0592 e. The minimum atomic E-state index is 0.665. The molecule has 66 valence electrons. The standard InChI is InChI=1S/C7H18N4/c1-4-9-10-11(8)6-5-7(2)3/h7H,4-6,8H2,1-3H3/b10-9-. The maximum absolute atomic E-state index is 5.48. The van der Waals surface area contributed by atoms with Crippen LogP contribution in [-0.4, -0.2) is 18.2 Å². The first kappa shape index (κ1) is 10.4. The topological polar surface area (TPSA) is 54.0 Å². The van der Waals surface area contributed by atoms with Gasteiger partial charge in [0.2, 0.25) is 0 Å². The number of nitrogens with zero attached hydrogens (tertiary/aromatic N) is 3. The Morgan fingerprint density at radius 1 is 1.45 bits per heavy atom. The summed E-state index contributed by atoms with van der Waals surface area (Å²) in [6.07, 6.45) is 1.05. The highest BCUT2D eigenvalue weighted by molar-refractivity contribution is 4.46. The molecule has 0 atom stereocenters. The third-order valence-electron chi connectivity index (χ3n) is 1.26. The molecule has 0 saturated heterocycles.